The zero-order valence-corrected chi connectivity index (χ0v) is 10.5. The first kappa shape index (κ1) is 11.4. The second-order valence-corrected chi connectivity index (χ2v) is 4.66. The van der Waals surface area contributed by atoms with Gasteiger partial charge in [-0.05, 0) is 45.9 Å². The summed E-state index contributed by atoms with van der Waals surface area (Å²) in [7, 11) is 2.06. The van der Waals surface area contributed by atoms with E-state index < -0.39 is 0 Å². The van der Waals surface area contributed by atoms with E-state index in [0.29, 0.717) is 6.04 Å². The van der Waals surface area contributed by atoms with Gasteiger partial charge in [-0.3, -0.25) is 4.98 Å². The van der Waals surface area contributed by atoms with Gasteiger partial charge in [0, 0.05) is 36.2 Å². The zero-order chi connectivity index (χ0) is 11.5. The number of aryl methyl sites for hydroxylation is 2. The van der Waals surface area contributed by atoms with Crippen molar-refractivity contribution in [2.45, 2.75) is 32.7 Å². The number of rotatable bonds is 2. The minimum Gasteiger partial charge on any atom is -0.371 e. The van der Waals surface area contributed by atoms with Crippen LogP contribution < -0.4 is 10.2 Å². The molecule has 0 bridgehead atoms. The molecule has 3 heteroatoms. The van der Waals surface area contributed by atoms with Crippen LogP contribution in [0, 0.1) is 13.8 Å². The number of hydrogen-bond acceptors (Lipinski definition) is 3. The van der Waals surface area contributed by atoms with Crippen LogP contribution in [0.1, 0.15) is 24.2 Å². The Morgan fingerprint density at radius 2 is 1.75 bits per heavy atom. The summed E-state index contributed by atoms with van der Waals surface area (Å²) in [6.07, 6.45) is 2.47. The fourth-order valence-corrected chi connectivity index (χ4v) is 2.42. The Labute approximate surface area is 97.9 Å². The molecule has 0 radical (unpaired) electrons. The third kappa shape index (κ3) is 2.53. The lowest BCUT2D eigenvalue weighted by Gasteiger charge is -2.33. The smallest absolute Gasteiger partial charge is 0.0402 e. The summed E-state index contributed by atoms with van der Waals surface area (Å²) in [5.41, 5.74) is 3.57. The topological polar surface area (TPSA) is 28.2 Å². The molecular formula is C13H21N3. The monoisotopic (exact) mass is 219 g/mol. The molecule has 1 aromatic heterocycles. The van der Waals surface area contributed by atoms with Crippen LogP contribution in [0.5, 0.6) is 0 Å². The lowest BCUT2D eigenvalue weighted by molar-refractivity contribution is 0.442. The Bertz CT molecular complexity index is 334. The van der Waals surface area contributed by atoms with Crippen LogP contribution in [0.15, 0.2) is 12.1 Å². The van der Waals surface area contributed by atoms with Crippen molar-refractivity contribution in [3.05, 3.63) is 23.5 Å². The number of pyridine rings is 1. The summed E-state index contributed by atoms with van der Waals surface area (Å²) in [4.78, 5) is 6.89. The van der Waals surface area contributed by atoms with E-state index in [1.54, 1.807) is 0 Å². The SMILES string of the molecule is CNC1CCN(c2cc(C)nc(C)c2)CC1. The van der Waals surface area contributed by atoms with E-state index in [-0.39, 0.29) is 0 Å². The minimum atomic E-state index is 0.695. The molecule has 16 heavy (non-hydrogen) atoms. The van der Waals surface area contributed by atoms with E-state index in [2.05, 4.69) is 48.2 Å². The summed E-state index contributed by atoms with van der Waals surface area (Å²) in [6.45, 7) is 6.43. The van der Waals surface area contributed by atoms with Crippen molar-refractivity contribution in [1.82, 2.24) is 10.3 Å². The standard InChI is InChI=1S/C13H21N3/c1-10-8-13(9-11(2)15-10)16-6-4-12(14-3)5-7-16/h8-9,12,14H,4-7H2,1-3H3. The molecule has 0 amide bonds. The molecule has 0 atom stereocenters. The first-order valence-corrected chi connectivity index (χ1v) is 6.06. The van der Waals surface area contributed by atoms with E-state index in [0.717, 1.165) is 24.5 Å². The number of aromatic nitrogens is 1. The third-order valence-electron chi connectivity index (χ3n) is 3.33. The van der Waals surface area contributed by atoms with Gasteiger partial charge in [0.1, 0.15) is 0 Å². The molecule has 0 aromatic carbocycles. The number of anilines is 1. The van der Waals surface area contributed by atoms with Crippen molar-refractivity contribution < 1.29 is 0 Å². The number of nitrogens with one attached hydrogen (secondary N) is 1. The molecule has 1 fully saturated rings. The highest BCUT2D eigenvalue weighted by molar-refractivity contribution is 5.48. The molecule has 1 aromatic rings. The molecule has 0 spiro atoms. The van der Waals surface area contributed by atoms with Crippen LogP contribution in [-0.4, -0.2) is 31.2 Å². The quantitative estimate of drug-likeness (QED) is 0.823. The fraction of sp³-hybridized carbons (Fsp3) is 0.615. The van der Waals surface area contributed by atoms with Gasteiger partial charge in [0.15, 0.2) is 0 Å². The van der Waals surface area contributed by atoms with E-state index in [9.17, 15) is 0 Å². The molecular weight excluding hydrogens is 198 g/mol. The summed E-state index contributed by atoms with van der Waals surface area (Å²) >= 11 is 0. The van der Waals surface area contributed by atoms with Gasteiger partial charge in [0.25, 0.3) is 0 Å². The van der Waals surface area contributed by atoms with Gasteiger partial charge < -0.3 is 10.2 Å². The molecule has 0 aliphatic carbocycles. The van der Waals surface area contributed by atoms with E-state index in [1.807, 2.05) is 0 Å². The van der Waals surface area contributed by atoms with Gasteiger partial charge in [0.05, 0.1) is 0 Å². The zero-order valence-electron chi connectivity index (χ0n) is 10.5. The highest BCUT2D eigenvalue weighted by Gasteiger charge is 2.18. The predicted octanol–water partition coefficient (Wildman–Crippen LogP) is 1.89. The molecule has 88 valence electrons. The first-order valence-electron chi connectivity index (χ1n) is 6.06. The van der Waals surface area contributed by atoms with Crippen molar-refractivity contribution in [1.29, 1.82) is 0 Å². The Kier molecular flexibility index (Phi) is 3.44. The van der Waals surface area contributed by atoms with Crippen molar-refractivity contribution in [2.24, 2.45) is 0 Å². The van der Waals surface area contributed by atoms with E-state index >= 15 is 0 Å². The maximum Gasteiger partial charge on any atom is 0.0402 e. The van der Waals surface area contributed by atoms with Crippen LogP contribution in [0.4, 0.5) is 5.69 Å². The molecule has 1 aliphatic heterocycles. The summed E-state index contributed by atoms with van der Waals surface area (Å²) in [5.74, 6) is 0. The van der Waals surface area contributed by atoms with Crippen LogP contribution in [0.3, 0.4) is 0 Å². The number of nitrogens with zero attached hydrogens (tertiary/aromatic N) is 2. The second kappa shape index (κ2) is 4.83. The normalized spacial score (nSPS) is 17.8. The molecule has 1 N–H and O–H groups in total. The molecule has 0 saturated carbocycles. The van der Waals surface area contributed by atoms with Gasteiger partial charge in [-0.2, -0.15) is 0 Å². The molecule has 2 rings (SSSR count). The fourth-order valence-electron chi connectivity index (χ4n) is 2.42. The maximum atomic E-state index is 4.42. The van der Waals surface area contributed by atoms with Crippen LogP contribution in [0.2, 0.25) is 0 Å². The van der Waals surface area contributed by atoms with E-state index in [1.165, 1.54) is 18.5 Å². The lowest BCUT2D eigenvalue weighted by Crippen LogP contribution is -2.41. The van der Waals surface area contributed by atoms with Crippen LogP contribution in [0.25, 0.3) is 0 Å². The van der Waals surface area contributed by atoms with Gasteiger partial charge in [-0.1, -0.05) is 0 Å². The number of hydrogen-bond donors (Lipinski definition) is 1. The Balaban J connectivity index is 2.08. The Hall–Kier alpha value is -1.09. The van der Waals surface area contributed by atoms with Crippen molar-refractivity contribution in [3.8, 4) is 0 Å². The largest absolute Gasteiger partial charge is 0.371 e. The molecule has 1 aliphatic rings. The predicted molar refractivity (Wildman–Crippen MR) is 68.0 cm³/mol. The van der Waals surface area contributed by atoms with E-state index in [4.69, 9.17) is 0 Å². The Morgan fingerprint density at radius 1 is 1.19 bits per heavy atom. The van der Waals surface area contributed by atoms with Crippen LogP contribution in [-0.2, 0) is 0 Å². The average molecular weight is 219 g/mol. The highest BCUT2D eigenvalue weighted by Crippen LogP contribution is 2.21. The van der Waals surface area contributed by atoms with Gasteiger partial charge in [-0.25, -0.2) is 0 Å². The molecule has 1 saturated heterocycles. The molecule has 2 heterocycles. The van der Waals surface area contributed by atoms with Crippen LogP contribution >= 0.6 is 0 Å². The third-order valence-corrected chi connectivity index (χ3v) is 3.33. The highest BCUT2D eigenvalue weighted by atomic mass is 15.1. The maximum absolute atomic E-state index is 4.42. The van der Waals surface area contributed by atoms with Crippen molar-refractivity contribution in [2.75, 3.05) is 25.0 Å². The Morgan fingerprint density at radius 3 is 2.25 bits per heavy atom. The van der Waals surface area contributed by atoms with Gasteiger partial charge >= 0.3 is 0 Å². The minimum absolute atomic E-state index is 0.695. The van der Waals surface area contributed by atoms with Crippen molar-refractivity contribution >= 4 is 5.69 Å². The summed E-state index contributed by atoms with van der Waals surface area (Å²) < 4.78 is 0. The second-order valence-electron chi connectivity index (χ2n) is 4.66. The van der Waals surface area contributed by atoms with Crippen molar-refractivity contribution in [3.63, 3.8) is 0 Å². The molecule has 3 nitrogen and oxygen atoms in total. The summed E-state index contributed by atoms with van der Waals surface area (Å²) in [5, 5.41) is 3.36. The number of piperidine rings is 1. The first-order chi connectivity index (χ1) is 7.69. The lowest BCUT2D eigenvalue weighted by atomic mass is 10.0. The van der Waals surface area contributed by atoms with Gasteiger partial charge in [0.2, 0.25) is 0 Å². The molecule has 0 unspecified atom stereocenters. The summed E-state index contributed by atoms with van der Waals surface area (Å²) in [6, 6.07) is 5.07. The van der Waals surface area contributed by atoms with Gasteiger partial charge in [-0.15, -0.1) is 0 Å². The average Bonchev–Trinajstić information content (AvgIpc) is 2.28.